The van der Waals surface area contributed by atoms with Gasteiger partial charge in [0.05, 0.1) is 12.6 Å². The molecule has 0 bridgehead atoms. The molecule has 2 N–H and O–H groups in total. The van der Waals surface area contributed by atoms with E-state index in [-0.39, 0.29) is 6.42 Å². The van der Waals surface area contributed by atoms with Crippen molar-refractivity contribution in [3.63, 3.8) is 0 Å². The third-order valence-corrected chi connectivity index (χ3v) is 5.64. The summed E-state index contributed by atoms with van der Waals surface area (Å²) in [6, 6.07) is 24.1. The van der Waals surface area contributed by atoms with Gasteiger partial charge in [-0.05, 0) is 46.5 Å². The number of benzene rings is 3. The van der Waals surface area contributed by atoms with Crippen molar-refractivity contribution < 1.29 is 14.6 Å². The SMILES string of the molecule is O=C(O)Cc1cn(Cc2cccc(-c3cn[nH]c3)c2)c2ccc(OCc3ccccc3)cc12. The number of hydrogen-bond acceptors (Lipinski definition) is 3. The third-order valence-electron chi connectivity index (χ3n) is 5.64. The fraction of sp³-hybridized carbons (Fsp3) is 0.111. The highest BCUT2D eigenvalue weighted by Gasteiger charge is 2.13. The number of hydrogen-bond donors (Lipinski definition) is 2. The summed E-state index contributed by atoms with van der Waals surface area (Å²) in [4.78, 5) is 11.5. The molecule has 164 valence electrons. The second kappa shape index (κ2) is 9.04. The van der Waals surface area contributed by atoms with Crippen LogP contribution in [0.3, 0.4) is 0 Å². The Morgan fingerprint density at radius 2 is 1.82 bits per heavy atom. The first kappa shape index (κ1) is 20.6. The average molecular weight is 437 g/mol. The molecular weight excluding hydrogens is 414 g/mol. The zero-order valence-corrected chi connectivity index (χ0v) is 17.9. The molecule has 0 atom stereocenters. The number of nitrogens with one attached hydrogen (secondary N) is 1. The van der Waals surface area contributed by atoms with Gasteiger partial charge in [-0.25, -0.2) is 0 Å². The van der Waals surface area contributed by atoms with Crippen molar-refractivity contribution in [2.45, 2.75) is 19.6 Å². The van der Waals surface area contributed by atoms with E-state index in [0.717, 1.165) is 44.5 Å². The van der Waals surface area contributed by atoms with Gasteiger partial charge in [-0.15, -0.1) is 0 Å². The number of carbonyl (C=O) groups is 1. The standard InChI is InChI=1S/C27H23N3O3/c31-27(32)12-22-17-30(16-20-7-4-8-21(11-20)23-14-28-29-15-23)26-10-9-24(13-25(22)26)33-18-19-5-2-1-3-6-19/h1-11,13-15,17H,12,16,18H2,(H,28,29)(H,31,32). The molecule has 0 aliphatic heterocycles. The third kappa shape index (κ3) is 4.65. The van der Waals surface area contributed by atoms with Gasteiger partial charge < -0.3 is 14.4 Å². The van der Waals surface area contributed by atoms with Crippen LogP contribution in [-0.4, -0.2) is 25.8 Å². The van der Waals surface area contributed by atoms with Crippen molar-refractivity contribution >= 4 is 16.9 Å². The number of fused-ring (bicyclic) bond motifs is 1. The Kier molecular flexibility index (Phi) is 5.64. The predicted molar refractivity (Wildman–Crippen MR) is 127 cm³/mol. The van der Waals surface area contributed by atoms with E-state index >= 15 is 0 Å². The maximum absolute atomic E-state index is 11.5. The molecule has 5 aromatic rings. The van der Waals surface area contributed by atoms with Crippen molar-refractivity contribution in [1.82, 2.24) is 14.8 Å². The number of aliphatic carboxylic acids is 1. The second-order valence-corrected chi connectivity index (χ2v) is 7.99. The smallest absolute Gasteiger partial charge is 0.307 e. The topological polar surface area (TPSA) is 80.1 Å². The highest BCUT2D eigenvalue weighted by atomic mass is 16.5. The molecule has 2 heterocycles. The van der Waals surface area contributed by atoms with Gasteiger partial charge in [0.25, 0.3) is 0 Å². The zero-order chi connectivity index (χ0) is 22.6. The van der Waals surface area contributed by atoms with Crippen LogP contribution in [0.5, 0.6) is 5.75 Å². The molecule has 2 aromatic heterocycles. The summed E-state index contributed by atoms with van der Waals surface area (Å²) in [5, 5.41) is 17.2. The van der Waals surface area contributed by atoms with Gasteiger partial charge in [-0.3, -0.25) is 9.89 Å². The summed E-state index contributed by atoms with van der Waals surface area (Å²) < 4.78 is 8.08. The second-order valence-electron chi connectivity index (χ2n) is 7.99. The normalized spacial score (nSPS) is 11.0. The van der Waals surface area contributed by atoms with E-state index in [4.69, 9.17) is 4.74 Å². The van der Waals surface area contributed by atoms with Crippen LogP contribution >= 0.6 is 0 Å². The Morgan fingerprint density at radius 1 is 0.970 bits per heavy atom. The van der Waals surface area contributed by atoms with E-state index in [1.54, 1.807) is 6.20 Å². The summed E-state index contributed by atoms with van der Waals surface area (Å²) in [5.41, 5.74) is 6.07. The highest BCUT2D eigenvalue weighted by Crippen LogP contribution is 2.28. The maximum Gasteiger partial charge on any atom is 0.307 e. The lowest BCUT2D eigenvalue weighted by atomic mass is 10.1. The molecule has 0 amide bonds. The molecule has 0 aliphatic rings. The minimum Gasteiger partial charge on any atom is -0.489 e. The number of ether oxygens (including phenoxy) is 1. The monoisotopic (exact) mass is 437 g/mol. The zero-order valence-electron chi connectivity index (χ0n) is 17.9. The molecule has 0 radical (unpaired) electrons. The van der Waals surface area contributed by atoms with Gasteiger partial charge >= 0.3 is 5.97 Å². The van der Waals surface area contributed by atoms with Crippen LogP contribution in [0.4, 0.5) is 0 Å². The van der Waals surface area contributed by atoms with Crippen LogP contribution in [0.25, 0.3) is 22.0 Å². The predicted octanol–water partition coefficient (Wildman–Crippen LogP) is 5.29. The van der Waals surface area contributed by atoms with Crippen molar-refractivity contribution in [3.05, 3.63) is 108 Å². The summed E-state index contributed by atoms with van der Waals surface area (Å²) >= 11 is 0. The van der Waals surface area contributed by atoms with E-state index in [2.05, 4.69) is 26.9 Å². The Hall–Kier alpha value is -4.32. The first-order chi connectivity index (χ1) is 16.2. The Labute approximate surface area is 191 Å². The van der Waals surface area contributed by atoms with E-state index in [1.807, 2.05) is 73.1 Å². The summed E-state index contributed by atoms with van der Waals surface area (Å²) in [7, 11) is 0. The molecule has 33 heavy (non-hydrogen) atoms. The van der Waals surface area contributed by atoms with E-state index in [1.165, 1.54) is 0 Å². The number of H-pyrrole nitrogens is 1. The highest BCUT2D eigenvalue weighted by molar-refractivity contribution is 5.88. The van der Waals surface area contributed by atoms with Crippen molar-refractivity contribution in [2.24, 2.45) is 0 Å². The fourth-order valence-electron chi connectivity index (χ4n) is 4.07. The van der Waals surface area contributed by atoms with Gasteiger partial charge in [0.15, 0.2) is 0 Å². The lowest BCUT2D eigenvalue weighted by molar-refractivity contribution is -0.136. The summed E-state index contributed by atoms with van der Waals surface area (Å²) in [5.74, 6) is -0.135. The van der Waals surface area contributed by atoms with Crippen LogP contribution < -0.4 is 4.74 Å². The maximum atomic E-state index is 11.5. The van der Waals surface area contributed by atoms with Crippen LogP contribution in [0.2, 0.25) is 0 Å². The summed E-state index contributed by atoms with van der Waals surface area (Å²) in [6.45, 7) is 1.09. The first-order valence-electron chi connectivity index (χ1n) is 10.7. The lowest BCUT2D eigenvalue weighted by Gasteiger charge is -2.09. The van der Waals surface area contributed by atoms with Gasteiger partial charge in [-0.1, -0.05) is 48.5 Å². The molecule has 0 aliphatic carbocycles. The number of carboxylic acids is 1. The number of carboxylic acid groups (broad SMARTS) is 1. The quantitative estimate of drug-likeness (QED) is 0.346. The molecule has 0 saturated heterocycles. The molecule has 6 nitrogen and oxygen atoms in total. The Bertz CT molecular complexity index is 1390. The van der Waals surface area contributed by atoms with Gasteiger partial charge in [-0.2, -0.15) is 5.10 Å². The van der Waals surface area contributed by atoms with Crippen LogP contribution in [0.15, 0.2) is 91.4 Å². The number of nitrogens with zero attached hydrogens (tertiary/aromatic N) is 2. The van der Waals surface area contributed by atoms with Gasteiger partial charge in [0.2, 0.25) is 0 Å². The van der Waals surface area contributed by atoms with Crippen molar-refractivity contribution in [1.29, 1.82) is 0 Å². The van der Waals surface area contributed by atoms with E-state index < -0.39 is 5.97 Å². The summed E-state index contributed by atoms with van der Waals surface area (Å²) in [6.07, 6.45) is 5.56. The van der Waals surface area contributed by atoms with Crippen molar-refractivity contribution in [2.75, 3.05) is 0 Å². The van der Waals surface area contributed by atoms with Crippen LogP contribution in [-0.2, 0) is 24.4 Å². The Balaban J connectivity index is 1.45. The van der Waals surface area contributed by atoms with Crippen LogP contribution in [0, 0.1) is 0 Å². The fourth-order valence-corrected chi connectivity index (χ4v) is 4.07. The minimum absolute atomic E-state index is 0.0410. The molecule has 0 unspecified atom stereocenters. The van der Waals surface area contributed by atoms with E-state index in [9.17, 15) is 9.90 Å². The molecular formula is C27H23N3O3. The van der Waals surface area contributed by atoms with Crippen LogP contribution in [0.1, 0.15) is 16.7 Å². The molecule has 6 heteroatoms. The molecule has 0 spiro atoms. The molecule has 3 aromatic carbocycles. The van der Waals surface area contributed by atoms with E-state index in [0.29, 0.717) is 13.2 Å². The average Bonchev–Trinajstić information content (AvgIpc) is 3.47. The molecule has 0 saturated carbocycles. The molecule has 5 rings (SSSR count). The minimum atomic E-state index is -0.855. The largest absolute Gasteiger partial charge is 0.489 e. The Morgan fingerprint density at radius 3 is 2.61 bits per heavy atom. The van der Waals surface area contributed by atoms with Gasteiger partial charge in [0, 0.05) is 35.4 Å². The number of aromatic amines is 1. The lowest BCUT2D eigenvalue weighted by Crippen LogP contribution is -2.00. The first-order valence-corrected chi connectivity index (χ1v) is 10.7. The van der Waals surface area contributed by atoms with Crippen molar-refractivity contribution in [3.8, 4) is 16.9 Å². The molecule has 0 fully saturated rings. The van der Waals surface area contributed by atoms with Gasteiger partial charge in [0.1, 0.15) is 12.4 Å². The number of aromatic nitrogens is 3. The number of rotatable bonds is 8.